The van der Waals surface area contributed by atoms with Gasteiger partial charge >= 0.3 is 11.7 Å². The van der Waals surface area contributed by atoms with E-state index in [0.29, 0.717) is 18.1 Å². The second-order valence-electron chi connectivity index (χ2n) is 3.99. The maximum atomic E-state index is 11.0. The summed E-state index contributed by atoms with van der Waals surface area (Å²) in [6.45, 7) is 0. The quantitative estimate of drug-likeness (QED) is 0.263. The van der Waals surface area contributed by atoms with Crippen LogP contribution in [0.3, 0.4) is 0 Å². The molecule has 0 bridgehead atoms. The molecule has 0 aliphatic rings. The van der Waals surface area contributed by atoms with Crippen molar-refractivity contribution in [1.29, 1.82) is 10.8 Å². The predicted molar refractivity (Wildman–Crippen MR) is 89.6 cm³/mol. The molecule has 1 atom stereocenters. The van der Waals surface area contributed by atoms with Crippen molar-refractivity contribution in [2.75, 3.05) is 5.75 Å². The lowest BCUT2D eigenvalue weighted by atomic mass is 10.1. The van der Waals surface area contributed by atoms with Crippen LogP contribution in [0.1, 0.15) is 11.1 Å². The Hall–Kier alpha value is -1.12. The lowest BCUT2D eigenvalue weighted by Crippen LogP contribution is -2.13. The van der Waals surface area contributed by atoms with Crippen LogP contribution in [-0.4, -0.2) is 20.7 Å². The van der Waals surface area contributed by atoms with E-state index in [0.717, 1.165) is 29.5 Å². The topological polar surface area (TPSA) is 117 Å². The Balaban J connectivity index is 2.50. The summed E-state index contributed by atoms with van der Waals surface area (Å²) in [5.74, 6) is 0.786. The van der Waals surface area contributed by atoms with Gasteiger partial charge < -0.3 is 11.5 Å². The van der Waals surface area contributed by atoms with Crippen molar-refractivity contribution < 1.29 is 4.21 Å². The van der Waals surface area contributed by atoms with E-state index in [4.69, 9.17) is 22.3 Å². The zero-order valence-corrected chi connectivity index (χ0v) is 13.2. The van der Waals surface area contributed by atoms with Gasteiger partial charge in [0.15, 0.2) is 10.3 Å². The first-order valence-corrected chi connectivity index (χ1v) is 8.52. The van der Waals surface area contributed by atoms with Crippen molar-refractivity contribution in [3.05, 3.63) is 35.4 Å². The van der Waals surface area contributed by atoms with Crippen LogP contribution in [0.2, 0.25) is 0 Å². The SMILES string of the molecule is N=C(N)SCCc1ccc(C[C@H](SC(=N)N)[S+]=O)cc1. The molecule has 0 saturated carbocycles. The van der Waals surface area contributed by atoms with Gasteiger partial charge in [-0.1, -0.05) is 36.0 Å². The summed E-state index contributed by atoms with van der Waals surface area (Å²) in [4.78, 5) is 0. The zero-order valence-electron chi connectivity index (χ0n) is 10.8. The molecule has 6 N–H and O–H groups in total. The highest BCUT2D eigenvalue weighted by Gasteiger charge is 2.24. The van der Waals surface area contributed by atoms with Gasteiger partial charge in [0.2, 0.25) is 0 Å². The lowest BCUT2D eigenvalue weighted by Gasteiger charge is -2.04. The number of nitrogens with one attached hydrogen (secondary N) is 2. The monoisotopic (exact) mass is 329 g/mol. The Morgan fingerprint density at radius 3 is 2.25 bits per heavy atom. The van der Waals surface area contributed by atoms with Crippen molar-refractivity contribution in [3.8, 4) is 0 Å². The van der Waals surface area contributed by atoms with Gasteiger partial charge in [0.1, 0.15) is 0 Å². The van der Waals surface area contributed by atoms with Crippen LogP contribution in [-0.2, 0) is 28.7 Å². The molecule has 0 fully saturated rings. The molecule has 0 aliphatic heterocycles. The molecule has 1 aromatic rings. The van der Waals surface area contributed by atoms with Gasteiger partial charge in [-0.3, -0.25) is 10.8 Å². The van der Waals surface area contributed by atoms with Crippen molar-refractivity contribution in [2.45, 2.75) is 17.4 Å². The minimum absolute atomic E-state index is 0.0313. The van der Waals surface area contributed by atoms with Crippen LogP contribution >= 0.6 is 23.5 Å². The van der Waals surface area contributed by atoms with E-state index in [9.17, 15) is 4.21 Å². The Labute approximate surface area is 130 Å². The van der Waals surface area contributed by atoms with Crippen LogP contribution in [0.5, 0.6) is 0 Å². The van der Waals surface area contributed by atoms with E-state index in [1.807, 2.05) is 24.3 Å². The van der Waals surface area contributed by atoms with Crippen LogP contribution in [0.4, 0.5) is 0 Å². The number of benzene rings is 1. The molecule has 1 rings (SSSR count). The molecule has 0 unspecified atom stereocenters. The molecule has 1 aromatic carbocycles. The highest BCUT2D eigenvalue weighted by Crippen LogP contribution is 2.17. The van der Waals surface area contributed by atoms with E-state index in [2.05, 4.69) is 0 Å². The summed E-state index contributed by atoms with van der Waals surface area (Å²) < 4.78 is 10.7. The Morgan fingerprint density at radius 2 is 1.75 bits per heavy atom. The summed E-state index contributed by atoms with van der Waals surface area (Å²) >= 11 is 2.88. The number of aryl methyl sites for hydroxylation is 1. The predicted octanol–water partition coefficient (Wildman–Crippen LogP) is 1.78. The average molecular weight is 329 g/mol. The van der Waals surface area contributed by atoms with Crippen molar-refractivity contribution in [3.63, 3.8) is 0 Å². The van der Waals surface area contributed by atoms with Gasteiger partial charge in [0.25, 0.3) is 4.58 Å². The second kappa shape index (κ2) is 8.93. The molecule has 0 spiro atoms. The second-order valence-corrected chi connectivity index (χ2v) is 7.43. The van der Waals surface area contributed by atoms with Gasteiger partial charge in [0, 0.05) is 16.4 Å². The van der Waals surface area contributed by atoms with Gasteiger partial charge in [-0.25, -0.2) is 0 Å². The lowest BCUT2D eigenvalue weighted by molar-refractivity contribution is 0.603. The van der Waals surface area contributed by atoms with Crippen LogP contribution < -0.4 is 11.5 Å². The minimum Gasteiger partial charge on any atom is -0.379 e. The van der Waals surface area contributed by atoms with Crippen molar-refractivity contribution in [2.24, 2.45) is 11.5 Å². The first-order valence-electron chi connectivity index (χ1n) is 5.85. The molecule has 0 heterocycles. The van der Waals surface area contributed by atoms with Crippen molar-refractivity contribution >= 4 is 45.5 Å². The molecule has 5 nitrogen and oxygen atoms in total. The van der Waals surface area contributed by atoms with Crippen molar-refractivity contribution in [1.82, 2.24) is 0 Å². The molecular formula is C12H17N4OS3+. The Bertz CT molecular complexity index is 478. The highest BCUT2D eigenvalue weighted by atomic mass is 32.2. The highest BCUT2D eigenvalue weighted by molar-refractivity contribution is 8.19. The van der Waals surface area contributed by atoms with Gasteiger partial charge in [-0.15, -0.1) is 0 Å². The fraction of sp³-hybridized carbons (Fsp3) is 0.333. The van der Waals surface area contributed by atoms with E-state index in [1.54, 1.807) is 0 Å². The van der Waals surface area contributed by atoms with E-state index in [1.165, 1.54) is 17.3 Å². The van der Waals surface area contributed by atoms with Gasteiger partial charge in [0.05, 0.1) is 0 Å². The number of hydrogen-bond donors (Lipinski definition) is 4. The third-order valence-electron chi connectivity index (χ3n) is 2.44. The van der Waals surface area contributed by atoms with E-state index >= 15 is 0 Å². The number of amidine groups is 2. The fourth-order valence-electron chi connectivity index (χ4n) is 1.55. The molecule has 0 aromatic heterocycles. The number of nitrogens with two attached hydrogens (primary N) is 2. The number of thioether (sulfide) groups is 2. The molecule has 0 radical (unpaired) electrons. The number of hydrogen-bond acceptors (Lipinski definition) is 5. The average Bonchev–Trinajstić information content (AvgIpc) is 2.39. The molecular weight excluding hydrogens is 312 g/mol. The summed E-state index contributed by atoms with van der Waals surface area (Å²) in [5, 5.41) is 14.4. The first kappa shape index (κ1) is 16.9. The molecule has 8 heteroatoms. The minimum atomic E-state index is -0.272. The standard InChI is InChI=1S/C12H17N4OS3/c13-11(14)18-6-5-8-1-3-9(4-2-8)7-10(20-17)19-12(15)16/h1-4,10H,5-7H2,(H3,13,14)(H3,15,16)/q+1/t10-/m1/s1. The Kier molecular flexibility index (Phi) is 7.56. The summed E-state index contributed by atoms with van der Waals surface area (Å²) in [7, 11) is 0. The molecule has 0 saturated heterocycles. The maximum Gasteiger partial charge on any atom is 0.474 e. The maximum absolute atomic E-state index is 11.0. The van der Waals surface area contributed by atoms with Gasteiger partial charge in [-0.05, 0) is 29.3 Å². The molecule has 0 aliphatic carbocycles. The van der Waals surface area contributed by atoms with Crippen LogP contribution in [0.15, 0.2) is 24.3 Å². The molecule has 0 amide bonds. The number of rotatable bonds is 7. The summed E-state index contributed by atoms with van der Waals surface area (Å²) in [5.41, 5.74) is 12.8. The third kappa shape index (κ3) is 6.88. The largest absolute Gasteiger partial charge is 0.474 e. The van der Waals surface area contributed by atoms with E-state index < -0.39 is 0 Å². The third-order valence-corrected chi connectivity index (χ3v) is 4.75. The molecule has 20 heavy (non-hydrogen) atoms. The smallest absolute Gasteiger partial charge is 0.379 e. The summed E-state index contributed by atoms with van der Waals surface area (Å²) in [6.07, 6.45) is 1.44. The first-order chi connectivity index (χ1) is 9.51. The Morgan fingerprint density at radius 1 is 1.15 bits per heavy atom. The summed E-state index contributed by atoms with van der Waals surface area (Å²) in [6, 6.07) is 8.00. The molecule has 108 valence electrons. The fourth-order valence-corrected chi connectivity index (χ4v) is 3.40. The van der Waals surface area contributed by atoms with Gasteiger partial charge in [-0.2, -0.15) is 0 Å². The van der Waals surface area contributed by atoms with E-state index in [-0.39, 0.29) is 14.9 Å². The normalized spacial score (nSPS) is 11.8. The van der Waals surface area contributed by atoms with Crippen LogP contribution in [0, 0.1) is 10.8 Å². The van der Waals surface area contributed by atoms with Crippen LogP contribution in [0.25, 0.3) is 0 Å². The zero-order chi connectivity index (χ0) is 15.0.